The number of nitrogens with one attached hydrogen (secondary N) is 1. The Morgan fingerprint density at radius 1 is 0.966 bits per heavy atom. The van der Waals surface area contributed by atoms with Gasteiger partial charge in [0, 0.05) is 24.2 Å². The smallest absolute Gasteiger partial charge is 0.408 e. The summed E-state index contributed by atoms with van der Waals surface area (Å²) < 4.78 is 10.5. The van der Waals surface area contributed by atoms with Crippen molar-refractivity contribution in [2.45, 2.75) is 39.4 Å². The SMILES string of the molecule is COc1ccc(CNC(=O)c2ccc(CN(C(=O)O)C(C)(C)C)cc2)cc1OC. The summed E-state index contributed by atoms with van der Waals surface area (Å²) in [5.74, 6) is 1.02. The lowest BCUT2D eigenvalue weighted by molar-refractivity contribution is 0.0938. The number of amides is 2. The Hall–Kier alpha value is -3.22. The van der Waals surface area contributed by atoms with E-state index in [1.165, 1.54) is 4.90 Å². The third kappa shape index (κ3) is 5.88. The van der Waals surface area contributed by atoms with Gasteiger partial charge in [-0.1, -0.05) is 18.2 Å². The topological polar surface area (TPSA) is 88.1 Å². The number of carbonyl (C=O) groups is 2. The van der Waals surface area contributed by atoms with Crippen LogP contribution in [-0.2, 0) is 13.1 Å². The molecule has 0 aliphatic carbocycles. The van der Waals surface area contributed by atoms with Gasteiger partial charge in [0.05, 0.1) is 14.2 Å². The minimum absolute atomic E-state index is 0.211. The van der Waals surface area contributed by atoms with Crippen LogP contribution in [0.15, 0.2) is 42.5 Å². The second-order valence-corrected chi connectivity index (χ2v) is 7.61. The molecule has 0 aromatic heterocycles. The normalized spacial score (nSPS) is 10.9. The van der Waals surface area contributed by atoms with Crippen molar-refractivity contribution in [3.8, 4) is 11.5 Å². The van der Waals surface area contributed by atoms with Crippen LogP contribution >= 0.6 is 0 Å². The average Bonchev–Trinajstić information content (AvgIpc) is 2.69. The molecule has 7 nitrogen and oxygen atoms in total. The van der Waals surface area contributed by atoms with Gasteiger partial charge in [0.2, 0.25) is 0 Å². The first kappa shape index (κ1) is 22.1. The Bertz CT molecular complexity index is 856. The van der Waals surface area contributed by atoms with Crippen LogP contribution in [0.3, 0.4) is 0 Å². The second-order valence-electron chi connectivity index (χ2n) is 7.61. The molecule has 0 atom stereocenters. The molecule has 2 N–H and O–H groups in total. The number of ether oxygens (including phenoxy) is 2. The lowest BCUT2D eigenvalue weighted by Crippen LogP contribution is -2.44. The summed E-state index contributed by atoms with van der Waals surface area (Å²) in [6.07, 6.45) is -0.978. The first-order chi connectivity index (χ1) is 13.7. The largest absolute Gasteiger partial charge is 0.493 e. The van der Waals surface area contributed by atoms with Crippen molar-refractivity contribution in [2.75, 3.05) is 14.2 Å². The van der Waals surface area contributed by atoms with Crippen LogP contribution in [0.1, 0.15) is 42.3 Å². The van der Waals surface area contributed by atoms with Gasteiger partial charge in [-0.15, -0.1) is 0 Å². The molecule has 2 rings (SSSR count). The second kappa shape index (κ2) is 9.32. The van der Waals surface area contributed by atoms with Crippen molar-refractivity contribution in [1.29, 1.82) is 0 Å². The van der Waals surface area contributed by atoms with Gasteiger partial charge in [-0.05, 0) is 56.2 Å². The lowest BCUT2D eigenvalue weighted by atomic mass is 10.0. The van der Waals surface area contributed by atoms with E-state index in [0.29, 0.717) is 23.6 Å². The van der Waals surface area contributed by atoms with Gasteiger partial charge in [-0.3, -0.25) is 9.69 Å². The molecular weight excluding hydrogens is 372 g/mol. The van der Waals surface area contributed by atoms with Crippen molar-refractivity contribution < 1.29 is 24.2 Å². The highest BCUT2D eigenvalue weighted by atomic mass is 16.5. The summed E-state index contributed by atoms with van der Waals surface area (Å²) in [7, 11) is 3.13. The zero-order valence-corrected chi connectivity index (χ0v) is 17.5. The number of benzene rings is 2. The monoisotopic (exact) mass is 400 g/mol. The molecule has 2 amide bonds. The molecule has 29 heavy (non-hydrogen) atoms. The Morgan fingerprint density at radius 3 is 2.07 bits per heavy atom. The van der Waals surface area contributed by atoms with Crippen molar-refractivity contribution in [3.05, 3.63) is 59.2 Å². The molecular formula is C22H28N2O5. The van der Waals surface area contributed by atoms with Crippen LogP contribution in [0.5, 0.6) is 11.5 Å². The maximum atomic E-state index is 12.4. The van der Waals surface area contributed by atoms with E-state index in [1.807, 2.05) is 32.9 Å². The number of carboxylic acid groups (broad SMARTS) is 1. The summed E-state index contributed by atoms with van der Waals surface area (Å²) in [6, 6.07) is 12.4. The van der Waals surface area contributed by atoms with Gasteiger partial charge in [-0.2, -0.15) is 0 Å². The van der Waals surface area contributed by atoms with Crippen LogP contribution in [0.4, 0.5) is 4.79 Å². The Morgan fingerprint density at radius 2 is 1.55 bits per heavy atom. The van der Waals surface area contributed by atoms with Crippen LogP contribution < -0.4 is 14.8 Å². The zero-order valence-electron chi connectivity index (χ0n) is 17.5. The number of nitrogens with zero attached hydrogens (tertiary/aromatic N) is 1. The van der Waals surface area contributed by atoms with E-state index in [2.05, 4.69) is 5.32 Å². The van der Waals surface area contributed by atoms with Crippen LogP contribution in [0, 0.1) is 0 Å². The predicted molar refractivity (Wildman–Crippen MR) is 110 cm³/mol. The van der Waals surface area contributed by atoms with Crippen LogP contribution in [0.25, 0.3) is 0 Å². The maximum absolute atomic E-state index is 12.4. The minimum atomic E-state index is -0.978. The van der Waals surface area contributed by atoms with Crippen molar-refractivity contribution in [3.63, 3.8) is 0 Å². The molecule has 0 spiro atoms. The lowest BCUT2D eigenvalue weighted by Gasteiger charge is -2.33. The molecule has 0 saturated heterocycles. The predicted octanol–water partition coefficient (Wildman–Crippen LogP) is 3.91. The number of carbonyl (C=O) groups excluding carboxylic acids is 1. The summed E-state index contributed by atoms with van der Waals surface area (Å²) >= 11 is 0. The van der Waals surface area contributed by atoms with E-state index in [9.17, 15) is 14.7 Å². The fraction of sp³-hybridized carbons (Fsp3) is 0.364. The molecule has 0 saturated carbocycles. The highest BCUT2D eigenvalue weighted by Gasteiger charge is 2.26. The van der Waals surface area contributed by atoms with Crippen LogP contribution in [0.2, 0.25) is 0 Å². The quantitative estimate of drug-likeness (QED) is 0.736. The van der Waals surface area contributed by atoms with Gasteiger partial charge in [0.15, 0.2) is 11.5 Å². The summed E-state index contributed by atoms with van der Waals surface area (Å²) in [5.41, 5.74) is 1.70. The third-order valence-corrected chi connectivity index (χ3v) is 4.50. The molecule has 2 aromatic rings. The Kier molecular flexibility index (Phi) is 7.09. The van der Waals surface area contributed by atoms with E-state index in [1.54, 1.807) is 44.6 Å². The van der Waals surface area contributed by atoms with Crippen molar-refractivity contribution >= 4 is 12.0 Å². The van der Waals surface area contributed by atoms with Crippen molar-refractivity contribution in [2.24, 2.45) is 0 Å². The third-order valence-electron chi connectivity index (χ3n) is 4.50. The Balaban J connectivity index is 2.01. The van der Waals surface area contributed by atoms with Gasteiger partial charge in [0.1, 0.15) is 0 Å². The maximum Gasteiger partial charge on any atom is 0.408 e. The molecule has 7 heteroatoms. The summed E-state index contributed by atoms with van der Waals surface area (Å²) in [4.78, 5) is 25.3. The number of rotatable bonds is 7. The van der Waals surface area contributed by atoms with Crippen molar-refractivity contribution in [1.82, 2.24) is 10.2 Å². The fourth-order valence-corrected chi connectivity index (χ4v) is 2.81. The molecule has 2 aromatic carbocycles. The number of methoxy groups -OCH3 is 2. The van der Waals surface area contributed by atoms with E-state index in [4.69, 9.17) is 9.47 Å². The van der Waals surface area contributed by atoms with Gasteiger partial charge in [-0.25, -0.2) is 4.79 Å². The first-order valence-corrected chi connectivity index (χ1v) is 9.24. The Labute approximate surface area is 171 Å². The molecule has 0 heterocycles. The zero-order chi connectivity index (χ0) is 21.6. The first-order valence-electron chi connectivity index (χ1n) is 9.24. The molecule has 0 aliphatic heterocycles. The fourth-order valence-electron chi connectivity index (χ4n) is 2.81. The summed E-state index contributed by atoms with van der Waals surface area (Å²) in [5, 5.41) is 12.3. The summed E-state index contributed by atoms with van der Waals surface area (Å²) in [6.45, 7) is 6.13. The number of hydrogen-bond acceptors (Lipinski definition) is 4. The van der Waals surface area contributed by atoms with Gasteiger partial charge >= 0.3 is 6.09 Å². The molecule has 0 aliphatic rings. The van der Waals surface area contributed by atoms with E-state index in [0.717, 1.165) is 11.1 Å². The molecule has 156 valence electrons. The number of hydrogen-bond donors (Lipinski definition) is 2. The van der Waals surface area contributed by atoms with E-state index >= 15 is 0 Å². The molecule has 0 fully saturated rings. The van der Waals surface area contributed by atoms with Gasteiger partial charge < -0.3 is 19.9 Å². The van der Waals surface area contributed by atoms with E-state index < -0.39 is 11.6 Å². The highest BCUT2D eigenvalue weighted by Crippen LogP contribution is 2.27. The average molecular weight is 400 g/mol. The molecule has 0 radical (unpaired) electrons. The highest BCUT2D eigenvalue weighted by molar-refractivity contribution is 5.94. The standard InChI is InChI=1S/C22H28N2O5/c1-22(2,3)24(21(26)27)14-15-6-9-17(10-7-15)20(25)23-13-16-8-11-18(28-4)19(12-16)29-5/h6-12H,13-14H2,1-5H3,(H,23,25)(H,26,27). The molecule has 0 unspecified atom stereocenters. The van der Waals surface area contributed by atoms with Crippen LogP contribution in [-0.4, -0.2) is 41.8 Å². The van der Waals surface area contributed by atoms with Gasteiger partial charge in [0.25, 0.3) is 5.91 Å². The molecule has 0 bridgehead atoms. The minimum Gasteiger partial charge on any atom is -0.493 e. The van der Waals surface area contributed by atoms with E-state index in [-0.39, 0.29) is 12.5 Å².